The maximum atomic E-state index is 13.3. The summed E-state index contributed by atoms with van der Waals surface area (Å²) in [6.45, 7) is 10.8. The normalized spacial score (nSPS) is 26.8. The molecule has 18 nitrogen and oxygen atoms in total. The molecule has 0 saturated carbocycles. The van der Waals surface area contributed by atoms with Crippen molar-refractivity contribution in [2.75, 3.05) is 27.4 Å². The van der Waals surface area contributed by atoms with Crippen LogP contribution >= 0.6 is 0 Å². The van der Waals surface area contributed by atoms with Gasteiger partial charge in [-0.25, -0.2) is 4.79 Å². The molecule has 4 rings (SSSR count). The number of carbonyl (C=O) groups excluding carboxylic acids is 7. The number of amides is 1. The summed E-state index contributed by atoms with van der Waals surface area (Å²) in [7, 11) is 2.60. The highest BCUT2D eigenvalue weighted by Gasteiger charge is 2.55. The molecule has 0 bridgehead atoms. The van der Waals surface area contributed by atoms with Crippen LogP contribution in [0, 0.1) is 11.8 Å². The van der Waals surface area contributed by atoms with Gasteiger partial charge in [0.25, 0.3) is 0 Å². The summed E-state index contributed by atoms with van der Waals surface area (Å²) in [4.78, 5) is 89.3. The van der Waals surface area contributed by atoms with Crippen LogP contribution in [0.25, 0.3) is 0 Å². The first-order valence-corrected chi connectivity index (χ1v) is 17.7. The third-order valence-corrected chi connectivity index (χ3v) is 9.35. The van der Waals surface area contributed by atoms with Crippen molar-refractivity contribution in [2.45, 2.75) is 97.4 Å². The number of carbonyl (C=O) groups is 7. The smallest absolute Gasteiger partial charge is 0.337 e. The second-order valence-corrected chi connectivity index (χ2v) is 13.2. The Morgan fingerprint density at radius 1 is 0.839 bits per heavy atom. The number of benzene rings is 1. The van der Waals surface area contributed by atoms with Gasteiger partial charge in [-0.1, -0.05) is 12.1 Å². The first-order chi connectivity index (χ1) is 26.5. The van der Waals surface area contributed by atoms with Crippen molar-refractivity contribution in [3.05, 3.63) is 47.7 Å². The molecule has 1 amide bonds. The number of nitrogens with zero attached hydrogens (tertiary/aromatic N) is 1. The molecule has 18 heteroatoms. The van der Waals surface area contributed by atoms with Crippen molar-refractivity contribution in [3.63, 3.8) is 0 Å². The van der Waals surface area contributed by atoms with E-state index >= 15 is 0 Å². The number of hydrogen-bond donors (Lipinski definition) is 0. The largest absolute Gasteiger partial charge is 0.493 e. The lowest BCUT2D eigenvalue weighted by Crippen LogP contribution is -2.63. The van der Waals surface area contributed by atoms with E-state index in [-0.39, 0.29) is 29.4 Å². The molecule has 1 aromatic rings. The molecular weight excluding hydrogens is 742 g/mol. The van der Waals surface area contributed by atoms with E-state index < -0.39 is 97.3 Å². The van der Waals surface area contributed by atoms with E-state index in [1.165, 1.54) is 34.1 Å². The van der Waals surface area contributed by atoms with Crippen LogP contribution in [-0.2, 0) is 77.9 Å². The minimum absolute atomic E-state index is 0.00737. The fourth-order valence-corrected chi connectivity index (χ4v) is 7.17. The van der Waals surface area contributed by atoms with Crippen LogP contribution in [-0.4, -0.2) is 111 Å². The second-order valence-electron chi connectivity index (χ2n) is 13.2. The van der Waals surface area contributed by atoms with Gasteiger partial charge in [0.15, 0.2) is 29.8 Å². The van der Waals surface area contributed by atoms with Gasteiger partial charge in [-0.2, -0.15) is 0 Å². The molecule has 3 aliphatic heterocycles. The van der Waals surface area contributed by atoms with E-state index in [0.29, 0.717) is 18.5 Å². The predicted octanol–water partition coefficient (Wildman–Crippen LogP) is 2.39. The number of hydrogen-bond acceptors (Lipinski definition) is 17. The van der Waals surface area contributed by atoms with Crippen molar-refractivity contribution in [1.82, 2.24) is 4.90 Å². The maximum absolute atomic E-state index is 13.3. The summed E-state index contributed by atoms with van der Waals surface area (Å²) in [6.07, 6.45) is -5.85. The standard InChI is InChI=1S/C38H47NO17/c1-10-25-26(15-28-31-24(13-14-39(28)18(2)40)11-12-29(47-8)32(31)51-20(4)42)27(36(46)48-9)16-50-37(25)56-38-35(54-23(7)45)34(53-22(6)44)33(52-21(5)43)30(55-38)17-49-19(3)41/h10-12,16,25-26,28,30,33-35,37-38H,1,13-15,17H2,2-9H3/t25-,26+,28-,30-,33-,34+,35-,37+,38+/m1/s1. The molecule has 56 heavy (non-hydrogen) atoms. The van der Waals surface area contributed by atoms with Crippen LogP contribution in [0.2, 0.25) is 0 Å². The summed E-state index contributed by atoms with van der Waals surface area (Å²) in [5, 5.41) is 0. The van der Waals surface area contributed by atoms with Crippen molar-refractivity contribution < 1.29 is 80.9 Å². The van der Waals surface area contributed by atoms with E-state index in [1.54, 1.807) is 11.0 Å². The zero-order chi connectivity index (χ0) is 41.4. The monoisotopic (exact) mass is 789 g/mol. The Labute approximate surface area is 323 Å². The Balaban J connectivity index is 1.82. The first-order valence-electron chi connectivity index (χ1n) is 17.7. The minimum Gasteiger partial charge on any atom is -0.493 e. The van der Waals surface area contributed by atoms with E-state index in [9.17, 15) is 33.6 Å². The molecule has 9 atom stereocenters. The molecule has 1 saturated heterocycles. The Hall–Kier alpha value is -5.49. The third kappa shape index (κ3) is 10.0. The summed E-state index contributed by atoms with van der Waals surface area (Å²) in [5.41, 5.74) is 1.32. The molecule has 306 valence electrons. The quantitative estimate of drug-likeness (QED) is 0.121. The zero-order valence-electron chi connectivity index (χ0n) is 32.4. The number of ether oxygens (including phenoxy) is 10. The van der Waals surface area contributed by atoms with E-state index in [2.05, 4.69) is 6.58 Å². The SMILES string of the molecule is C=C[C@H]1[C@H](O[C@@H]2O[C@H](COC(C)=O)[C@@H](OC(C)=O)[C@H](OC(C)=O)[C@H]2OC(C)=O)OC=C(C(=O)OC)[C@H]1C[C@@H]1c2c(ccc(OC)c2OC(C)=O)CCN1C(C)=O. The minimum atomic E-state index is -1.64. The third-order valence-electron chi connectivity index (χ3n) is 9.35. The molecule has 0 spiro atoms. The average molecular weight is 790 g/mol. The molecule has 0 unspecified atom stereocenters. The molecule has 1 fully saturated rings. The van der Waals surface area contributed by atoms with Gasteiger partial charge in [0.05, 0.1) is 32.1 Å². The van der Waals surface area contributed by atoms with E-state index in [0.717, 1.165) is 39.5 Å². The van der Waals surface area contributed by atoms with Gasteiger partial charge >= 0.3 is 35.8 Å². The Morgan fingerprint density at radius 2 is 1.48 bits per heavy atom. The summed E-state index contributed by atoms with van der Waals surface area (Å²) in [5.74, 6) is -6.35. The van der Waals surface area contributed by atoms with Gasteiger partial charge in [-0.05, 0) is 24.5 Å². The van der Waals surface area contributed by atoms with Crippen LogP contribution < -0.4 is 9.47 Å². The van der Waals surface area contributed by atoms with Gasteiger partial charge in [-0.15, -0.1) is 6.58 Å². The van der Waals surface area contributed by atoms with Crippen molar-refractivity contribution in [1.29, 1.82) is 0 Å². The van der Waals surface area contributed by atoms with E-state index in [4.69, 9.17) is 47.4 Å². The van der Waals surface area contributed by atoms with Crippen LogP contribution in [0.5, 0.6) is 11.5 Å². The number of fused-ring (bicyclic) bond motifs is 1. The van der Waals surface area contributed by atoms with Gasteiger partial charge < -0.3 is 52.3 Å². The summed E-state index contributed by atoms with van der Waals surface area (Å²) in [6, 6.07) is 2.68. The average Bonchev–Trinajstić information content (AvgIpc) is 3.12. The fourth-order valence-electron chi connectivity index (χ4n) is 7.17. The molecule has 0 aliphatic carbocycles. The molecule has 0 radical (unpaired) electrons. The van der Waals surface area contributed by atoms with Crippen molar-refractivity contribution in [2.24, 2.45) is 11.8 Å². The molecule has 0 aromatic heterocycles. The van der Waals surface area contributed by atoms with Crippen LogP contribution in [0.3, 0.4) is 0 Å². The van der Waals surface area contributed by atoms with Crippen LogP contribution in [0.4, 0.5) is 0 Å². The highest BCUT2D eigenvalue weighted by molar-refractivity contribution is 5.89. The fraction of sp³-hybridized carbons (Fsp3) is 0.553. The predicted molar refractivity (Wildman–Crippen MR) is 188 cm³/mol. The van der Waals surface area contributed by atoms with Gasteiger partial charge in [0, 0.05) is 65.5 Å². The number of rotatable bonds is 13. The summed E-state index contributed by atoms with van der Waals surface area (Å²) >= 11 is 0. The molecular formula is C38H47NO17. The Kier molecular flexibility index (Phi) is 14.6. The van der Waals surface area contributed by atoms with Crippen LogP contribution in [0.15, 0.2) is 36.6 Å². The molecule has 0 N–H and O–H groups in total. The number of esters is 6. The van der Waals surface area contributed by atoms with Crippen molar-refractivity contribution >= 4 is 41.7 Å². The lowest BCUT2D eigenvalue weighted by atomic mass is 9.76. The topological polar surface area (TPSA) is 215 Å². The van der Waals surface area contributed by atoms with Crippen molar-refractivity contribution in [3.8, 4) is 11.5 Å². The van der Waals surface area contributed by atoms with Gasteiger partial charge in [0.1, 0.15) is 12.7 Å². The van der Waals surface area contributed by atoms with Gasteiger partial charge in [0.2, 0.25) is 18.5 Å². The zero-order valence-corrected chi connectivity index (χ0v) is 32.4. The maximum Gasteiger partial charge on any atom is 0.337 e. The lowest BCUT2D eigenvalue weighted by Gasteiger charge is -2.46. The lowest BCUT2D eigenvalue weighted by molar-refractivity contribution is -0.342. The highest BCUT2D eigenvalue weighted by atomic mass is 16.8. The number of methoxy groups -OCH3 is 2. The molecule has 1 aromatic carbocycles. The van der Waals surface area contributed by atoms with E-state index in [1.807, 2.05) is 6.07 Å². The molecule has 3 heterocycles. The first kappa shape index (κ1) is 43.2. The van der Waals surface area contributed by atoms with Gasteiger partial charge in [-0.3, -0.25) is 28.8 Å². The molecule has 3 aliphatic rings. The highest BCUT2D eigenvalue weighted by Crippen LogP contribution is 2.48. The Morgan fingerprint density at radius 3 is 2.04 bits per heavy atom. The van der Waals surface area contributed by atoms with Crippen LogP contribution in [0.1, 0.15) is 65.1 Å². The Bertz CT molecular complexity index is 1740. The summed E-state index contributed by atoms with van der Waals surface area (Å²) < 4.78 is 56.5. The second kappa shape index (κ2) is 18.9.